The third-order valence-electron chi connectivity index (χ3n) is 5.68. The van der Waals surface area contributed by atoms with E-state index in [1.54, 1.807) is 12.1 Å². The lowest BCUT2D eigenvalue weighted by Gasteiger charge is -2.12. The average Bonchev–Trinajstić information content (AvgIpc) is 2.89. The Labute approximate surface area is 205 Å². The first-order valence-electron chi connectivity index (χ1n) is 10.8. The van der Waals surface area contributed by atoms with Gasteiger partial charge in [-0.05, 0) is 47.5 Å². The maximum absolute atomic E-state index is 11.4. The minimum Gasteiger partial charge on any atom is -1.00 e. The summed E-state index contributed by atoms with van der Waals surface area (Å²) in [7, 11) is 0. The lowest BCUT2D eigenvalue weighted by atomic mass is 9.98. The van der Waals surface area contributed by atoms with Crippen LogP contribution in [0, 0.1) is 0 Å². The SMILES string of the molecule is O=C(O)c1ccc(-[n+]2c(-c3ccccc3)cc(-c3ccccc3)cc2-c2ccccc2)cc1.[Cl-]. The molecule has 0 aliphatic rings. The fourth-order valence-electron chi connectivity index (χ4n) is 4.07. The zero-order chi connectivity index (χ0) is 22.6. The Morgan fingerprint density at radius 2 is 0.941 bits per heavy atom. The van der Waals surface area contributed by atoms with Crippen LogP contribution in [0.1, 0.15) is 10.4 Å². The smallest absolute Gasteiger partial charge is 0.335 e. The summed E-state index contributed by atoms with van der Waals surface area (Å²) in [6.45, 7) is 0. The van der Waals surface area contributed by atoms with E-state index in [0.29, 0.717) is 0 Å². The number of halogens is 1. The summed E-state index contributed by atoms with van der Waals surface area (Å²) in [5, 5.41) is 9.37. The normalized spacial score (nSPS) is 10.4. The van der Waals surface area contributed by atoms with Gasteiger partial charge in [-0.3, -0.25) is 0 Å². The van der Waals surface area contributed by atoms with Gasteiger partial charge in [-0.2, -0.15) is 4.57 Å². The highest BCUT2D eigenvalue weighted by atomic mass is 35.5. The molecule has 0 spiro atoms. The number of carboxylic acids is 1. The third kappa shape index (κ3) is 4.61. The molecule has 5 rings (SSSR count). The van der Waals surface area contributed by atoms with Crippen LogP contribution in [0.3, 0.4) is 0 Å². The van der Waals surface area contributed by atoms with Crippen LogP contribution in [0.25, 0.3) is 39.3 Å². The monoisotopic (exact) mass is 463 g/mol. The van der Waals surface area contributed by atoms with Crippen molar-refractivity contribution in [1.29, 1.82) is 0 Å². The summed E-state index contributed by atoms with van der Waals surface area (Å²) < 4.78 is 2.20. The van der Waals surface area contributed by atoms with Crippen molar-refractivity contribution in [2.24, 2.45) is 0 Å². The lowest BCUT2D eigenvalue weighted by Crippen LogP contribution is -3.00. The summed E-state index contributed by atoms with van der Waals surface area (Å²) in [6.07, 6.45) is 0. The van der Waals surface area contributed by atoms with Crippen molar-refractivity contribution in [1.82, 2.24) is 0 Å². The van der Waals surface area contributed by atoms with Gasteiger partial charge in [0.25, 0.3) is 0 Å². The van der Waals surface area contributed by atoms with E-state index in [1.807, 2.05) is 66.7 Å². The molecule has 1 aromatic heterocycles. The van der Waals surface area contributed by atoms with Gasteiger partial charge in [0.15, 0.2) is 0 Å². The number of carboxylic acid groups (broad SMARTS) is 1. The molecule has 0 radical (unpaired) electrons. The van der Waals surface area contributed by atoms with Gasteiger partial charge in [0.05, 0.1) is 5.56 Å². The molecule has 5 aromatic rings. The number of hydrogen-bond donors (Lipinski definition) is 1. The molecule has 0 saturated heterocycles. The van der Waals surface area contributed by atoms with Crippen molar-refractivity contribution < 1.29 is 26.9 Å². The van der Waals surface area contributed by atoms with Gasteiger partial charge in [0.1, 0.15) is 0 Å². The van der Waals surface area contributed by atoms with E-state index in [0.717, 1.165) is 39.3 Å². The van der Waals surface area contributed by atoms with Crippen LogP contribution >= 0.6 is 0 Å². The Morgan fingerprint density at radius 1 is 0.529 bits per heavy atom. The summed E-state index contributed by atoms with van der Waals surface area (Å²) in [5.74, 6) is -0.933. The number of pyridine rings is 1. The largest absolute Gasteiger partial charge is 1.00 e. The van der Waals surface area contributed by atoms with Gasteiger partial charge in [0, 0.05) is 35.4 Å². The van der Waals surface area contributed by atoms with Crippen molar-refractivity contribution in [2.45, 2.75) is 0 Å². The first kappa shape index (κ1) is 23.0. The molecule has 166 valence electrons. The summed E-state index contributed by atoms with van der Waals surface area (Å²) in [5.41, 5.74) is 7.63. The molecular formula is C30H22ClNO2. The highest BCUT2D eigenvalue weighted by Crippen LogP contribution is 2.30. The number of aromatic carboxylic acids is 1. The van der Waals surface area contributed by atoms with Crippen LogP contribution in [0.15, 0.2) is 127 Å². The molecule has 0 fully saturated rings. The zero-order valence-corrected chi connectivity index (χ0v) is 19.1. The molecule has 0 aliphatic heterocycles. The number of hydrogen-bond acceptors (Lipinski definition) is 1. The molecule has 1 heterocycles. The van der Waals surface area contributed by atoms with Crippen LogP contribution in [-0.2, 0) is 0 Å². The highest BCUT2D eigenvalue weighted by Gasteiger charge is 2.25. The standard InChI is InChI=1S/C30H21NO2.ClH/c32-30(33)25-16-18-27(19-17-25)31-28(23-12-6-2-7-13-23)20-26(22-10-4-1-5-11-22)21-29(31)24-14-8-3-9-15-24;/h1-21H;1H. The second-order valence-corrected chi connectivity index (χ2v) is 7.80. The molecule has 0 saturated carbocycles. The number of benzene rings is 4. The van der Waals surface area contributed by atoms with E-state index in [4.69, 9.17) is 0 Å². The maximum atomic E-state index is 11.4. The van der Waals surface area contributed by atoms with E-state index in [9.17, 15) is 9.90 Å². The van der Waals surface area contributed by atoms with Crippen LogP contribution in [0.2, 0.25) is 0 Å². The summed E-state index contributed by atoms with van der Waals surface area (Å²) in [4.78, 5) is 11.4. The number of nitrogens with zero attached hydrogens (tertiary/aromatic N) is 1. The molecule has 0 atom stereocenters. The molecule has 4 heteroatoms. The van der Waals surface area contributed by atoms with E-state index in [2.05, 4.69) is 53.1 Å². The zero-order valence-electron chi connectivity index (χ0n) is 18.3. The topological polar surface area (TPSA) is 41.2 Å². The molecule has 4 aromatic carbocycles. The van der Waals surface area contributed by atoms with Crippen LogP contribution in [-0.4, -0.2) is 11.1 Å². The predicted octanol–water partition coefficient (Wildman–Crippen LogP) is 3.67. The van der Waals surface area contributed by atoms with Crippen molar-refractivity contribution >= 4 is 5.97 Å². The fourth-order valence-corrected chi connectivity index (χ4v) is 4.07. The van der Waals surface area contributed by atoms with Gasteiger partial charge in [-0.25, -0.2) is 4.79 Å². The van der Waals surface area contributed by atoms with Gasteiger partial charge in [0.2, 0.25) is 17.1 Å². The fraction of sp³-hybridized carbons (Fsp3) is 0. The molecule has 0 amide bonds. The van der Waals surface area contributed by atoms with Crippen molar-refractivity contribution in [3.63, 3.8) is 0 Å². The Balaban J connectivity index is 0.00000274. The molecule has 3 nitrogen and oxygen atoms in total. The number of aromatic nitrogens is 1. The Bertz CT molecular complexity index is 1340. The third-order valence-corrected chi connectivity index (χ3v) is 5.68. The second-order valence-electron chi connectivity index (χ2n) is 7.80. The Hall–Kier alpha value is -4.21. The van der Waals surface area contributed by atoms with Gasteiger partial charge >= 0.3 is 5.97 Å². The Morgan fingerprint density at radius 3 is 1.35 bits per heavy atom. The van der Waals surface area contributed by atoms with E-state index in [-0.39, 0.29) is 18.0 Å². The lowest BCUT2D eigenvalue weighted by molar-refractivity contribution is -0.572. The van der Waals surface area contributed by atoms with Crippen molar-refractivity contribution in [3.05, 3.63) is 133 Å². The average molecular weight is 464 g/mol. The van der Waals surface area contributed by atoms with E-state index in [1.165, 1.54) is 0 Å². The first-order valence-corrected chi connectivity index (χ1v) is 10.8. The summed E-state index contributed by atoms with van der Waals surface area (Å²) >= 11 is 0. The molecule has 0 aliphatic carbocycles. The molecule has 0 unspecified atom stereocenters. The number of carbonyl (C=O) groups is 1. The molecule has 1 N–H and O–H groups in total. The van der Waals surface area contributed by atoms with Gasteiger partial charge in [-0.15, -0.1) is 0 Å². The summed E-state index contributed by atoms with van der Waals surface area (Å²) in [6, 6.07) is 42.3. The molecule has 0 bridgehead atoms. The molecule has 34 heavy (non-hydrogen) atoms. The minimum absolute atomic E-state index is 0. The van der Waals surface area contributed by atoms with Gasteiger partial charge < -0.3 is 17.5 Å². The molecular weight excluding hydrogens is 442 g/mol. The second kappa shape index (κ2) is 10.2. The van der Waals surface area contributed by atoms with Crippen molar-refractivity contribution in [2.75, 3.05) is 0 Å². The minimum atomic E-state index is -0.933. The predicted molar refractivity (Wildman–Crippen MR) is 131 cm³/mol. The van der Waals surface area contributed by atoms with Crippen LogP contribution in [0.4, 0.5) is 0 Å². The number of rotatable bonds is 5. The van der Waals surface area contributed by atoms with Crippen LogP contribution in [0.5, 0.6) is 0 Å². The van der Waals surface area contributed by atoms with Gasteiger partial charge in [-0.1, -0.05) is 66.7 Å². The quantitative estimate of drug-likeness (QED) is 0.404. The maximum Gasteiger partial charge on any atom is 0.335 e. The Kier molecular flexibility index (Phi) is 6.86. The highest BCUT2D eigenvalue weighted by molar-refractivity contribution is 5.87. The van der Waals surface area contributed by atoms with Crippen LogP contribution < -0.4 is 17.0 Å². The van der Waals surface area contributed by atoms with E-state index < -0.39 is 5.97 Å². The van der Waals surface area contributed by atoms with Crippen molar-refractivity contribution in [3.8, 4) is 39.3 Å². The van der Waals surface area contributed by atoms with E-state index >= 15 is 0 Å². The first-order chi connectivity index (χ1) is 16.2.